The lowest BCUT2D eigenvalue weighted by Gasteiger charge is -2.43. The van der Waals surface area contributed by atoms with Crippen molar-refractivity contribution < 1.29 is 13.2 Å². The molecule has 1 aliphatic carbocycles. The van der Waals surface area contributed by atoms with E-state index in [0.29, 0.717) is 21.7 Å². The Morgan fingerprint density at radius 2 is 1.94 bits per heavy atom. The molecule has 32 heavy (non-hydrogen) atoms. The number of allylic oxidation sites excluding steroid dienone is 1. The predicted molar refractivity (Wildman–Crippen MR) is 123 cm³/mol. The molecule has 2 heterocycles. The van der Waals surface area contributed by atoms with Gasteiger partial charge in [0, 0.05) is 22.8 Å². The molecule has 4 rings (SSSR count). The Labute approximate surface area is 195 Å². The number of halogens is 4. The van der Waals surface area contributed by atoms with Crippen LogP contribution in [0.15, 0.2) is 47.5 Å². The van der Waals surface area contributed by atoms with E-state index < -0.39 is 18.6 Å². The number of nitriles is 1. The highest BCUT2D eigenvalue weighted by molar-refractivity contribution is 7.97. The maximum absolute atomic E-state index is 12.3. The van der Waals surface area contributed by atoms with E-state index in [1.165, 1.54) is 0 Å². The Morgan fingerprint density at radius 3 is 2.50 bits per heavy atom. The summed E-state index contributed by atoms with van der Waals surface area (Å²) in [5, 5.41) is 10.2. The summed E-state index contributed by atoms with van der Waals surface area (Å²) < 4.78 is 39.3. The number of benzene rings is 1. The van der Waals surface area contributed by atoms with Crippen molar-refractivity contribution in [3.05, 3.63) is 58.9 Å². The van der Waals surface area contributed by atoms with E-state index in [-0.39, 0.29) is 0 Å². The second kappa shape index (κ2) is 10.6. The molecule has 2 aliphatic rings. The van der Waals surface area contributed by atoms with Crippen LogP contribution < -0.4 is 9.62 Å². The number of hydrogen-bond donors (Lipinski definition) is 1. The summed E-state index contributed by atoms with van der Waals surface area (Å²) in [6.45, 7) is 2.94. The lowest BCUT2D eigenvalue weighted by Crippen LogP contribution is -2.41. The highest BCUT2D eigenvalue weighted by Crippen LogP contribution is 2.44. The number of nitrogens with zero attached hydrogens (tertiary/aromatic N) is 3. The van der Waals surface area contributed by atoms with Gasteiger partial charge in [-0.1, -0.05) is 37.6 Å². The zero-order valence-electron chi connectivity index (χ0n) is 17.8. The number of aromatic nitrogens is 1. The molecule has 1 aromatic heterocycles. The zero-order valence-corrected chi connectivity index (χ0v) is 19.4. The van der Waals surface area contributed by atoms with Crippen molar-refractivity contribution >= 4 is 34.9 Å². The molecule has 1 atom stereocenters. The third-order valence-corrected chi connectivity index (χ3v) is 6.20. The fourth-order valence-corrected chi connectivity index (χ4v) is 4.41. The summed E-state index contributed by atoms with van der Waals surface area (Å²) in [4.78, 5) is 7.30. The molecule has 4 nitrogen and oxygen atoms in total. The van der Waals surface area contributed by atoms with Gasteiger partial charge in [-0.2, -0.15) is 18.4 Å². The van der Waals surface area contributed by atoms with E-state index in [1.807, 2.05) is 38.1 Å². The van der Waals surface area contributed by atoms with Gasteiger partial charge in [-0.3, -0.25) is 9.71 Å². The minimum Gasteiger partial charge on any atom is -0.337 e. The van der Waals surface area contributed by atoms with Crippen LogP contribution in [0.25, 0.3) is 5.70 Å². The predicted octanol–water partition coefficient (Wildman–Crippen LogP) is 6.94. The largest absolute Gasteiger partial charge is 0.402 e. The van der Waals surface area contributed by atoms with Crippen molar-refractivity contribution in [2.24, 2.45) is 0 Å². The third-order valence-electron chi connectivity index (χ3n) is 5.19. The number of anilines is 1. The molecule has 1 aliphatic heterocycles. The van der Waals surface area contributed by atoms with E-state index >= 15 is 0 Å². The van der Waals surface area contributed by atoms with Crippen LogP contribution in [0.5, 0.6) is 0 Å². The van der Waals surface area contributed by atoms with Crippen molar-refractivity contribution in [3.8, 4) is 6.07 Å². The molecular formula is C23H24ClF3N4S. The molecule has 0 bridgehead atoms. The Hall–Kier alpha value is -2.21. The molecular weight excluding hydrogens is 457 g/mol. The highest BCUT2D eigenvalue weighted by atomic mass is 35.5. The average Bonchev–Trinajstić information content (AvgIpc) is 2.74. The quantitative estimate of drug-likeness (QED) is 0.469. The number of hydrogen-bond acceptors (Lipinski definition) is 5. The maximum Gasteiger partial charge on any atom is 0.402 e. The van der Waals surface area contributed by atoms with Crippen molar-refractivity contribution in [2.75, 3.05) is 11.4 Å². The second-order valence-corrected chi connectivity index (χ2v) is 8.63. The molecule has 1 fully saturated rings. The van der Waals surface area contributed by atoms with Crippen LogP contribution in [0.4, 0.5) is 18.9 Å². The van der Waals surface area contributed by atoms with Crippen LogP contribution in [0.3, 0.4) is 0 Å². The molecule has 0 amide bonds. The first-order valence-corrected chi connectivity index (χ1v) is 11.7. The number of alkyl halides is 3. The van der Waals surface area contributed by atoms with Crippen LogP contribution in [-0.4, -0.2) is 23.7 Å². The minimum absolute atomic E-state index is 0.303. The smallest absolute Gasteiger partial charge is 0.337 e. The molecule has 1 N–H and O–H groups in total. The van der Waals surface area contributed by atoms with E-state index in [9.17, 15) is 18.4 Å². The Balaban J connectivity index is 0.00000141. The molecule has 2 aromatic rings. The van der Waals surface area contributed by atoms with E-state index in [4.69, 9.17) is 11.6 Å². The first-order valence-electron chi connectivity index (χ1n) is 10.5. The summed E-state index contributed by atoms with van der Waals surface area (Å²) in [7, 11) is 0. The Morgan fingerprint density at radius 1 is 1.25 bits per heavy atom. The molecule has 0 radical (unpaired) electrons. The number of nitrogens with one attached hydrogen (secondary N) is 1. The van der Waals surface area contributed by atoms with Gasteiger partial charge in [-0.15, -0.1) is 0 Å². The van der Waals surface area contributed by atoms with E-state index in [0.717, 1.165) is 48.2 Å². The van der Waals surface area contributed by atoms with Gasteiger partial charge in [0.1, 0.15) is 12.5 Å². The SMILES string of the molecule is CC.N#CC1C=C(c2ccc(SNCC(F)(F)F)cc2)N(C2CCC2)c2cc(Cl)cnc21. The molecule has 0 saturated heterocycles. The van der Waals surface area contributed by atoms with E-state index in [2.05, 4.69) is 20.7 Å². The van der Waals surface area contributed by atoms with Crippen molar-refractivity contribution in [1.29, 1.82) is 5.26 Å². The topological polar surface area (TPSA) is 52.0 Å². The number of fused-ring (bicyclic) bond motifs is 1. The van der Waals surface area contributed by atoms with Crippen LogP contribution in [0, 0.1) is 11.3 Å². The highest BCUT2D eigenvalue weighted by Gasteiger charge is 2.35. The van der Waals surface area contributed by atoms with Crippen molar-refractivity contribution in [1.82, 2.24) is 9.71 Å². The van der Waals surface area contributed by atoms with Gasteiger partial charge in [0.05, 0.1) is 22.5 Å². The van der Waals surface area contributed by atoms with Crippen LogP contribution in [-0.2, 0) is 0 Å². The van der Waals surface area contributed by atoms with Gasteiger partial charge < -0.3 is 4.90 Å². The molecule has 170 valence electrons. The zero-order chi connectivity index (χ0) is 23.3. The van der Waals surface area contributed by atoms with Gasteiger partial charge in [0.15, 0.2) is 0 Å². The Kier molecular flexibility index (Phi) is 8.10. The lowest BCUT2D eigenvalue weighted by molar-refractivity contribution is -0.120. The second-order valence-electron chi connectivity index (χ2n) is 7.23. The van der Waals surface area contributed by atoms with Crippen LogP contribution in [0.2, 0.25) is 5.02 Å². The van der Waals surface area contributed by atoms with Gasteiger partial charge in [-0.05, 0) is 61.0 Å². The summed E-state index contributed by atoms with van der Waals surface area (Å²) in [6, 6.07) is 11.7. The van der Waals surface area contributed by atoms with Crippen molar-refractivity contribution in [2.45, 2.75) is 56.1 Å². The van der Waals surface area contributed by atoms with Crippen LogP contribution in [0.1, 0.15) is 50.3 Å². The summed E-state index contributed by atoms with van der Waals surface area (Å²) in [6.07, 6.45) is 2.43. The maximum atomic E-state index is 12.3. The van der Waals surface area contributed by atoms with Crippen LogP contribution >= 0.6 is 23.5 Å². The molecule has 1 aromatic carbocycles. The summed E-state index contributed by atoms with van der Waals surface area (Å²) in [5.74, 6) is -0.494. The van der Waals surface area contributed by atoms with Gasteiger partial charge in [-0.25, -0.2) is 0 Å². The third kappa shape index (κ3) is 5.58. The summed E-state index contributed by atoms with van der Waals surface area (Å²) >= 11 is 7.15. The van der Waals surface area contributed by atoms with Gasteiger partial charge >= 0.3 is 6.18 Å². The van der Waals surface area contributed by atoms with Gasteiger partial charge in [0.2, 0.25) is 0 Å². The van der Waals surface area contributed by atoms with E-state index in [1.54, 1.807) is 18.3 Å². The molecule has 1 saturated carbocycles. The monoisotopic (exact) mass is 480 g/mol. The number of rotatable bonds is 5. The standard InChI is InChI=1S/C21H18ClF3N4S.C2H6/c22-15-9-19-20(27-11-15)14(10-26)8-18(29(19)16-2-1-3-16)13-4-6-17(7-5-13)30-28-12-21(23,24)25;1-2/h4-9,11,14,16,28H,1-3,12H2;1-2H3. The summed E-state index contributed by atoms with van der Waals surface area (Å²) in [5.41, 5.74) is 3.35. The van der Waals surface area contributed by atoms with Crippen molar-refractivity contribution in [3.63, 3.8) is 0 Å². The lowest BCUT2D eigenvalue weighted by atomic mass is 9.86. The first kappa shape index (κ1) is 24.4. The normalized spacial score (nSPS) is 18.0. The Bertz CT molecular complexity index is 998. The van der Waals surface area contributed by atoms with Gasteiger partial charge in [0.25, 0.3) is 0 Å². The molecule has 9 heteroatoms. The first-order chi connectivity index (χ1) is 15.4. The number of pyridine rings is 1. The fourth-order valence-electron chi connectivity index (χ4n) is 3.59. The average molecular weight is 481 g/mol. The fraction of sp³-hybridized carbons (Fsp3) is 0.391. The molecule has 1 unspecified atom stereocenters. The molecule has 0 spiro atoms. The minimum atomic E-state index is -4.25.